The number of quaternary nitrogens is 1. The summed E-state index contributed by atoms with van der Waals surface area (Å²) >= 11 is 0. The summed E-state index contributed by atoms with van der Waals surface area (Å²) in [5, 5.41) is 13.9. The van der Waals surface area contributed by atoms with Gasteiger partial charge >= 0.3 is 7.82 Å². The van der Waals surface area contributed by atoms with Gasteiger partial charge in [0.25, 0.3) is 0 Å². The monoisotopic (exact) mass is 1120 g/mol. The topological polar surface area (TPSA) is 105 Å². The highest BCUT2D eigenvalue weighted by molar-refractivity contribution is 7.47. The molecular formula is C70H120N2O6P+. The lowest BCUT2D eigenvalue weighted by Crippen LogP contribution is -2.45. The van der Waals surface area contributed by atoms with Crippen molar-refractivity contribution in [1.29, 1.82) is 0 Å². The van der Waals surface area contributed by atoms with Crippen molar-refractivity contribution in [2.75, 3.05) is 40.9 Å². The fraction of sp³-hybridized carbons (Fsp3) is 0.643. The standard InChI is InChI=1S/C70H119N2O6P/c1-6-8-10-12-14-16-18-20-22-24-26-28-30-32-34-35-36-37-38-40-42-44-46-48-50-52-54-56-58-60-62-64-70(74)71-68(67-78-79(75,76)77-66-65-72(3,4)5)69(73)63-61-59-57-55-53-51-49-47-45-43-41-39-33-31-29-27-25-23-21-19-17-15-13-11-9-7-2/h8,10,14,16,20,22,26,28,32,34,36-37,40,42,45-48,52-55,61,63,68-69,73H,6-7,9,11-13,15,17-19,21,23-25,27,29-31,33,35,38-39,41,43-44,49-51,56-60,62,64-67H2,1-5H3,(H-,71,74,75,76)/p+1/b10-8-,16-14-,22-20-,28-26-,34-32-,37-36-,42-40-,47-45+,48-46-,54-52-,55-53+,63-61+. The molecule has 0 aromatic rings. The van der Waals surface area contributed by atoms with Gasteiger partial charge in [-0.25, -0.2) is 4.57 Å². The molecule has 3 atom stereocenters. The van der Waals surface area contributed by atoms with Crippen molar-refractivity contribution >= 4 is 13.7 Å². The van der Waals surface area contributed by atoms with Crippen LogP contribution in [0.5, 0.6) is 0 Å². The molecule has 450 valence electrons. The molecule has 0 bridgehead atoms. The highest BCUT2D eigenvalue weighted by Gasteiger charge is 2.27. The van der Waals surface area contributed by atoms with E-state index in [-0.39, 0.29) is 19.1 Å². The molecule has 3 unspecified atom stereocenters. The van der Waals surface area contributed by atoms with E-state index in [1.165, 1.54) is 109 Å². The molecule has 0 spiro atoms. The minimum Gasteiger partial charge on any atom is -0.387 e. The Labute approximate surface area is 487 Å². The number of amides is 1. The number of nitrogens with one attached hydrogen (secondary N) is 1. The van der Waals surface area contributed by atoms with Crippen molar-refractivity contribution in [2.45, 2.75) is 251 Å². The zero-order valence-corrected chi connectivity index (χ0v) is 52.2. The van der Waals surface area contributed by atoms with E-state index >= 15 is 0 Å². The summed E-state index contributed by atoms with van der Waals surface area (Å²) in [5.74, 6) is -0.228. The number of nitrogens with zero attached hydrogens (tertiary/aromatic N) is 1. The number of phosphoric ester groups is 1. The maximum Gasteiger partial charge on any atom is 0.472 e. The molecule has 0 saturated heterocycles. The second-order valence-corrected chi connectivity index (χ2v) is 23.5. The Bertz CT molecular complexity index is 1790. The summed E-state index contributed by atoms with van der Waals surface area (Å²) in [5.41, 5.74) is 0. The van der Waals surface area contributed by atoms with Gasteiger partial charge in [0.2, 0.25) is 5.91 Å². The maximum absolute atomic E-state index is 13.0. The van der Waals surface area contributed by atoms with E-state index in [1.54, 1.807) is 6.08 Å². The first-order chi connectivity index (χ1) is 38.5. The molecule has 0 saturated carbocycles. The number of carbonyl (C=O) groups excluding carboxylic acids is 1. The van der Waals surface area contributed by atoms with Gasteiger partial charge < -0.3 is 19.8 Å². The van der Waals surface area contributed by atoms with Crippen molar-refractivity contribution in [3.05, 3.63) is 146 Å². The second-order valence-electron chi connectivity index (χ2n) is 22.0. The van der Waals surface area contributed by atoms with Crippen LogP contribution in [0.3, 0.4) is 0 Å². The molecule has 0 aliphatic rings. The van der Waals surface area contributed by atoms with Crippen molar-refractivity contribution in [2.24, 2.45) is 0 Å². The Morgan fingerprint density at radius 3 is 1.16 bits per heavy atom. The molecule has 0 aliphatic heterocycles. The van der Waals surface area contributed by atoms with Gasteiger partial charge in [0.05, 0.1) is 39.9 Å². The van der Waals surface area contributed by atoms with Gasteiger partial charge in [0.1, 0.15) is 13.2 Å². The Balaban J connectivity index is 4.36. The number of hydrogen-bond donors (Lipinski definition) is 3. The smallest absolute Gasteiger partial charge is 0.387 e. The summed E-state index contributed by atoms with van der Waals surface area (Å²) < 4.78 is 23.7. The summed E-state index contributed by atoms with van der Waals surface area (Å²) in [4.78, 5) is 23.3. The SMILES string of the molecule is CC/C=C\C/C=C\C/C=C\C/C=C\C/C=C\C/C=C\C/C=C\C/C=C\C/C=C\CCCCCC(=O)NC(COP(=O)(O)OCC[N+](C)(C)C)C(O)/C=C/CC/C=C/CC/C=C/CCCCCCCCCCCCCCCCCC. The minimum absolute atomic E-state index is 0.0382. The number of likely N-dealkylation sites (N-methyl/N-ethyl adjacent to an activating group) is 1. The third-order valence-corrected chi connectivity index (χ3v) is 14.3. The zero-order valence-electron chi connectivity index (χ0n) is 51.3. The fourth-order valence-electron chi connectivity index (χ4n) is 8.36. The van der Waals surface area contributed by atoms with E-state index in [0.717, 1.165) is 103 Å². The quantitative estimate of drug-likeness (QED) is 0.0243. The minimum atomic E-state index is -4.38. The van der Waals surface area contributed by atoms with Crippen molar-refractivity contribution in [1.82, 2.24) is 5.32 Å². The highest BCUT2D eigenvalue weighted by Crippen LogP contribution is 2.43. The predicted octanol–water partition coefficient (Wildman–Crippen LogP) is 20.0. The van der Waals surface area contributed by atoms with Crippen LogP contribution in [-0.4, -0.2) is 73.4 Å². The molecule has 0 fully saturated rings. The summed E-state index contributed by atoms with van der Waals surface area (Å²) in [6.45, 7) is 4.64. The largest absolute Gasteiger partial charge is 0.472 e. The second kappa shape index (κ2) is 59.0. The third-order valence-electron chi connectivity index (χ3n) is 13.3. The Morgan fingerprint density at radius 2 is 0.772 bits per heavy atom. The number of phosphoric acid groups is 1. The molecule has 0 aromatic carbocycles. The number of aliphatic hydroxyl groups is 1. The number of aliphatic hydroxyl groups excluding tert-OH is 1. The molecule has 0 radical (unpaired) electrons. The molecular weight excluding hydrogens is 996 g/mol. The molecule has 9 heteroatoms. The third kappa shape index (κ3) is 61.8. The van der Waals surface area contributed by atoms with Crippen LogP contribution in [0.1, 0.15) is 239 Å². The first-order valence-electron chi connectivity index (χ1n) is 31.7. The normalized spacial score (nSPS) is 14.8. The molecule has 0 aromatic heterocycles. The number of allylic oxidation sites excluding steroid dienone is 23. The van der Waals surface area contributed by atoms with E-state index < -0.39 is 20.0 Å². The lowest BCUT2D eigenvalue weighted by Gasteiger charge is -2.25. The van der Waals surface area contributed by atoms with Crippen LogP contribution in [0.4, 0.5) is 0 Å². The van der Waals surface area contributed by atoms with E-state index in [9.17, 15) is 19.4 Å². The number of unbranched alkanes of at least 4 members (excludes halogenated alkanes) is 21. The maximum atomic E-state index is 13.0. The Hall–Kier alpha value is -3.62. The van der Waals surface area contributed by atoms with Crippen LogP contribution in [0.2, 0.25) is 0 Å². The van der Waals surface area contributed by atoms with Gasteiger partial charge in [0, 0.05) is 6.42 Å². The Kier molecular flexibility index (Phi) is 56.3. The first-order valence-corrected chi connectivity index (χ1v) is 33.2. The van der Waals surface area contributed by atoms with Crippen molar-refractivity contribution in [3.63, 3.8) is 0 Å². The molecule has 0 rings (SSSR count). The molecule has 0 heterocycles. The molecule has 1 amide bonds. The lowest BCUT2D eigenvalue weighted by molar-refractivity contribution is -0.870. The zero-order chi connectivity index (χ0) is 57.7. The average Bonchev–Trinajstić information content (AvgIpc) is 3.42. The van der Waals surface area contributed by atoms with Crippen LogP contribution in [0, 0.1) is 0 Å². The Morgan fingerprint density at radius 1 is 0.443 bits per heavy atom. The van der Waals surface area contributed by atoms with E-state index in [4.69, 9.17) is 9.05 Å². The first kappa shape index (κ1) is 75.4. The van der Waals surface area contributed by atoms with Gasteiger partial charge in [0.15, 0.2) is 0 Å². The van der Waals surface area contributed by atoms with Crippen LogP contribution in [0.25, 0.3) is 0 Å². The number of hydrogen-bond acceptors (Lipinski definition) is 5. The van der Waals surface area contributed by atoms with Gasteiger partial charge in [-0.2, -0.15) is 0 Å². The molecule has 8 nitrogen and oxygen atoms in total. The van der Waals surface area contributed by atoms with Gasteiger partial charge in [-0.3, -0.25) is 13.8 Å². The van der Waals surface area contributed by atoms with Crippen LogP contribution >= 0.6 is 7.82 Å². The fourth-order valence-corrected chi connectivity index (χ4v) is 9.10. The van der Waals surface area contributed by atoms with Crippen LogP contribution in [-0.2, 0) is 18.4 Å². The molecule has 3 N–H and O–H groups in total. The van der Waals surface area contributed by atoms with E-state index in [1.807, 2.05) is 27.2 Å². The number of rotatable bonds is 56. The van der Waals surface area contributed by atoms with E-state index in [0.29, 0.717) is 23.9 Å². The van der Waals surface area contributed by atoms with Crippen LogP contribution < -0.4 is 5.32 Å². The van der Waals surface area contributed by atoms with Gasteiger partial charge in [-0.15, -0.1) is 0 Å². The van der Waals surface area contributed by atoms with E-state index in [2.05, 4.69) is 153 Å². The highest BCUT2D eigenvalue weighted by atomic mass is 31.2. The van der Waals surface area contributed by atoms with Gasteiger partial charge in [-0.1, -0.05) is 262 Å². The predicted molar refractivity (Wildman–Crippen MR) is 345 cm³/mol. The van der Waals surface area contributed by atoms with Gasteiger partial charge in [-0.05, 0) is 116 Å². The van der Waals surface area contributed by atoms with Crippen molar-refractivity contribution < 1.29 is 32.9 Å². The number of carbonyl (C=O) groups is 1. The summed E-state index contributed by atoms with van der Waals surface area (Å²) in [6.07, 6.45) is 91.2. The average molecular weight is 1120 g/mol. The lowest BCUT2D eigenvalue weighted by atomic mass is 10.0. The van der Waals surface area contributed by atoms with Crippen molar-refractivity contribution in [3.8, 4) is 0 Å². The summed E-state index contributed by atoms with van der Waals surface area (Å²) in [7, 11) is 1.50. The molecule has 0 aliphatic carbocycles. The summed E-state index contributed by atoms with van der Waals surface area (Å²) in [6, 6.07) is -0.901. The molecule has 79 heavy (non-hydrogen) atoms. The van der Waals surface area contributed by atoms with Crippen LogP contribution in [0.15, 0.2) is 146 Å².